The fourth-order valence-corrected chi connectivity index (χ4v) is 3.74. The molecule has 78 valence electrons. The average molecular weight is 208 g/mol. The van der Waals surface area contributed by atoms with Crippen LogP contribution in [0.15, 0.2) is 47.2 Å². The van der Waals surface area contributed by atoms with Crippen LogP contribution in [0.25, 0.3) is 0 Å². The molecule has 1 atom stereocenters. The molecule has 14 heavy (non-hydrogen) atoms. The standard InChI is InChI=1S/C13H20S/c1-4-6-12-14(3,5-2)13-10-8-7-9-11-13/h5,7-11H,2,4,6,12H2,1,3H3. The van der Waals surface area contributed by atoms with Crippen LogP contribution in [0.4, 0.5) is 0 Å². The first-order valence-electron chi connectivity index (χ1n) is 5.16. The maximum Gasteiger partial charge on any atom is -0.00668 e. The Bertz CT molecular complexity index is 279. The summed E-state index contributed by atoms with van der Waals surface area (Å²) in [4.78, 5) is 1.46. The van der Waals surface area contributed by atoms with E-state index in [9.17, 15) is 0 Å². The molecule has 0 nitrogen and oxygen atoms in total. The molecule has 0 saturated carbocycles. The van der Waals surface area contributed by atoms with Crippen molar-refractivity contribution in [1.29, 1.82) is 0 Å². The summed E-state index contributed by atoms with van der Waals surface area (Å²) in [6, 6.07) is 10.8. The van der Waals surface area contributed by atoms with Crippen molar-refractivity contribution in [3.8, 4) is 0 Å². The minimum absolute atomic E-state index is 0.754. The van der Waals surface area contributed by atoms with E-state index in [4.69, 9.17) is 0 Å². The van der Waals surface area contributed by atoms with Gasteiger partial charge in [0, 0.05) is 0 Å². The summed E-state index contributed by atoms with van der Waals surface area (Å²) < 4.78 is 0. The van der Waals surface area contributed by atoms with Crippen LogP contribution in [0.5, 0.6) is 0 Å². The first kappa shape index (κ1) is 11.4. The van der Waals surface area contributed by atoms with E-state index >= 15 is 0 Å². The third kappa shape index (κ3) is 2.65. The van der Waals surface area contributed by atoms with Gasteiger partial charge in [-0.15, -0.1) is 0 Å². The molecule has 0 radical (unpaired) electrons. The van der Waals surface area contributed by atoms with Crippen molar-refractivity contribution in [2.75, 3.05) is 12.0 Å². The molecular weight excluding hydrogens is 188 g/mol. The molecule has 0 aliphatic heterocycles. The molecule has 1 aromatic rings. The van der Waals surface area contributed by atoms with Crippen molar-refractivity contribution in [3.05, 3.63) is 42.3 Å². The molecule has 0 N–H and O–H groups in total. The van der Waals surface area contributed by atoms with E-state index in [1.54, 1.807) is 0 Å². The van der Waals surface area contributed by atoms with Crippen LogP contribution in [0.1, 0.15) is 19.8 Å². The average Bonchev–Trinajstić information content (AvgIpc) is 2.27. The maximum atomic E-state index is 4.00. The van der Waals surface area contributed by atoms with Gasteiger partial charge in [0.15, 0.2) is 0 Å². The first-order valence-corrected chi connectivity index (χ1v) is 7.44. The third-order valence-electron chi connectivity index (χ3n) is 2.57. The molecule has 0 bridgehead atoms. The molecule has 0 spiro atoms. The van der Waals surface area contributed by atoms with E-state index in [1.807, 2.05) is 0 Å². The number of hydrogen-bond donors (Lipinski definition) is 0. The van der Waals surface area contributed by atoms with Gasteiger partial charge in [-0.05, 0) is 35.5 Å². The Morgan fingerprint density at radius 1 is 1.29 bits per heavy atom. The van der Waals surface area contributed by atoms with Gasteiger partial charge in [0.1, 0.15) is 0 Å². The van der Waals surface area contributed by atoms with Crippen LogP contribution in [-0.4, -0.2) is 12.0 Å². The van der Waals surface area contributed by atoms with Crippen molar-refractivity contribution in [2.45, 2.75) is 24.7 Å². The second kappa shape index (κ2) is 5.26. The van der Waals surface area contributed by atoms with Crippen molar-refractivity contribution in [1.82, 2.24) is 0 Å². The van der Waals surface area contributed by atoms with Crippen LogP contribution < -0.4 is 0 Å². The number of benzene rings is 1. The number of hydrogen-bond acceptors (Lipinski definition) is 0. The lowest BCUT2D eigenvalue weighted by Gasteiger charge is -2.32. The summed E-state index contributed by atoms with van der Waals surface area (Å²) in [6.45, 7) is 6.24. The molecule has 0 heterocycles. The molecule has 1 aromatic carbocycles. The lowest BCUT2D eigenvalue weighted by molar-refractivity contribution is 0.892. The maximum absolute atomic E-state index is 4.00. The predicted molar refractivity (Wildman–Crippen MR) is 68.2 cm³/mol. The topological polar surface area (TPSA) is 0 Å². The molecule has 0 aliphatic carbocycles. The van der Waals surface area contributed by atoms with Crippen LogP contribution >= 0.6 is 10.0 Å². The van der Waals surface area contributed by atoms with Gasteiger partial charge in [-0.3, -0.25) is 0 Å². The third-order valence-corrected chi connectivity index (χ3v) is 5.79. The second-order valence-electron chi connectivity index (χ2n) is 3.69. The zero-order chi connectivity index (χ0) is 10.4. The Kier molecular flexibility index (Phi) is 4.27. The Balaban J connectivity index is 2.84. The fraction of sp³-hybridized carbons (Fsp3) is 0.385. The molecule has 0 aliphatic rings. The van der Waals surface area contributed by atoms with E-state index in [0.29, 0.717) is 0 Å². The van der Waals surface area contributed by atoms with Gasteiger partial charge in [0.05, 0.1) is 0 Å². The zero-order valence-corrected chi connectivity index (χ0v) is 10.0. The largest absolute Gasteiger partial charge is 0.198 e. The quantitative estimate of drug-likeness (QED) is 0.672. The van der Waals surface area contributed by atoms with Crippen LogP contribution in [0.3, 0.4) is 0 Å². The lowest BCUT2D eigenvalue weighted by Crippen LogP contribution is -2.00. The van der Waals surface area contributed by atoms with E-state index in [-0.39, 0.29) is 0 Å². The normalized spacial score (nSPS) is 17.0. The summed E-state index contributed by atoms with van der Waals surface area (Å²) in [7, 11) is -0.754. The van der Waals surface area contributed by atoms with E-state index in [2.05, 4.69) is 55.5 Å². The lowest BCUT2D eigenvalue weighted by atomic mass is 10.4. The van der Waals surface area contributed by atoms with Crippen LogP contribution in [0, 0.1) is 0 Å². The highest BCUT2D eigenvalue weighted by molar-refractivity contribution is 8.35. The summed E-state index contributed by atoms with van der Waals surface area (Å²) in [6.07, 6.45) is 4.92. The van der Waals surface area contributed by atoms with Crippen molar-refractivity contribution >= 4 is 10.0 Å². The summed E-state index contributed by atoms with van der Waals surface area (Å²) in [5.74, 6) is 1.27. The SMILES string of the molecule is C=CS(C)(CCCC)c1ccccc1. The monoisotopic (exact) mass is 208 g/mol. The Labute approximate surface area is 89.4 Å². The number of rotatable bonds is 5. The van der Waals surface area contributed by atoms with Gasteiger partial charge < -0.3 is 0 Å². The van der Waals surface area contributed by atoms with Crippen LogP contribution in [-0.2, 0) is 0 Å². The minimum Gasteiger partial charge on any atom is -0.198 e. The molecule has 1 heteroatoms. The van der Waals surface area contributed by atoms with Gasteiger partial charge in [0.2, 0.25) is 0 Å². The van der Waals surface area contributed by atoms with Crippen molar-refractivity contribution in [2.24, 2.45) is 0 Å². The number of unbranched alkanes of at least 4 members (excludes halogenated alkanes) is 1. The van der Waals surface area contributed by atoms with E-state index in [1.165, 1.54) is 23.5 Å². The molecule has 1 rings (SSSR count). The van der Waals surface area contributed by atoms with Gasteiger partial charge in [-0.2, -0.15) is 10.0 Å². The smallest absolute Gasteiger partial charge is 0.00668 e. The van der Waals surface area contributed by atoms with Gasteiger partial charge in [-0.25, -0.2) is 0 Å². The summed E-state index contributed by atoms with van der Waals surface area (Å²) >= 11 is 0. The Hall–Kier alpha value is -0.690. The van der Waals surface area contributed by atoms with Crippen molar-refractivity contribution < 1.29 is 0 Å². The highest BCUT2D eigenvalue weighted by Crippen LogP contribution is 2.53. The minimum atomic E-state index is -0.754. The molecule has 0 fully saturated rings. The van der Waals surface area contributed by atoms with E-state index in [0.717, 1.165) is 0 Å². The molecule has 0 amide bonds. The molecular formula is C13H20S. The molecule has 0 saturated heterocycles. The van der Waals surface area contributed by atoms with Gasteiger partial charge in [-0.1, -0.05) is 43.5 Å². The molecule has 1 unspecified atom stereocenters. The Morgan fingerprint density at radius 3 is 2.43 bits per heavy atom. The van der Waals surface area contributed by atoms with Crippen molar-refractivity contribution in [3.63, 3.8) is 0 Å². The first-order chi connectivity index (χ1) is 6.73. The van der Waals surface area contributed by atoms with E-state index < -0.39 is 10.0 Å². The summed E-state index contributed by atoms with van der Waals surface area (Å²) in [5.41, 5.74) is 0. The highest BCUT2D eigenvalue weighted by atomic mass is 32.3. The second-order valence-corrected chi connectivity index (χ2v) is 7.22. The van der Waals surface area contributed by atoms with Gasteiger partial charge >= 0.3 is 0 Å². The van der Waals surface area contributed by atoms with Gasteiger partial charge in [0.25, 0.3) is 0 Å². The highest BCUT2D eigenvalue weighted by Gasteiger charge is 2.15. The fourth-order valence-electron chi connectivity index (χ4n) is 1.47. The Morgan fingerprint density at radius 2 is 1.93 bits per heavy atom. The zero-order valence-electron chi connectivity index (χ0n) is 9.20. The summed E-state index contributed by atoms with van der Waals surface area (Å²) in [5, 5.41) is 2.16. The molecule has 0 aromatic heterocycles. The predicted octanol–water partition coefficient (Wildman–Crippen LogP) is 4.42. The van der Waals surface area contributed by atoms with Crippen LogP contribution in [0.2, 0.25) is 0 Å².